The third-order valence-corrected chi connectivity index (χ3v) is 5.87. The van der Waals surface area contributed by atoms with Crippen LogP contribution in [0.15, 0.2) is 72.8 Å². The second-order valence-corrected chi connectivity index (χ2v) is 8.15. The third-order valence-electron chi connectivity index (χ3n) is 5.87. The van der Waals surface area contributed by atoms with E-state index in [0.717, 1.165) is 5.56 Å². The molecule has 0 saturated heterocycles. The van der Waals surface area contributed by atoms with Gasteiger partial charge in [-0.2, -0.15) is 0 Å². The van der Waals surface area contributed by atoms with Gasteiger partial charge in [-0.3, -0.25) is 9.69 Å². The van der Waals surface area contributed by atoms with Crippen LogP contribution in [0.1, 0.15) is 25.0 Å². The van der Waals surface area contributed by atoms with Crippen LogP contribution < -0.4 is 15.0 Å². The van der Waals surface area contributed by atoms with E-state index in [0.29, 0.717) is 22.7 Å². The molecule has 0 bridgehead atoms. The van der Waals surface area contributed by atoms with Gasteiger partial charge in [0.1, 0.15) is 18.2 Å². The van der Waals surface area contributed by atoms with Gasteiger partial charge in [-0.25, -0.2) is 9.18 Å². The minimum atomic E-state index is -1.40. The lowest BCUT2D eigenvalue weighted by Crippen LogP contribution is -2.55. The van der Waals surface area contributed by atoms with Crippen molar-refractivity contribution >= 4 is 23.4 Å². The summed E-state index contributed by atoms with van der Waals surface area (Å²) in [4.78, 5) is 28.3. The van der Waals surface area contributed by atoms with Gasteiger partial charge < -0.3 is 14.8 Å². The number of amides is 2. The van der Waals surface area contributed by atoms with Gasteiger partial charge in [-0.05, 0) is 53.9 Å². The molecule has 3 aromatic rings. The summed E-state index contributed by atoms with van der Waals surface area (Å²) >= 11 is 0. The minimum absolute atomic E-state index is 0.0711. The van der Waals surface area contributed by atoms with Crippen molar-refractivity contribution in [2.75, 3.05) is 12.0 Å². The molecule has 1 atom stereocenters. The highest BCUT2D eigenvalue weighted by Gasteiger charge is 2.55. The van der Waals surface area contributed by atoms with Gasteiger partial charge in [0, 0.05) is 11.3 Å². The van der Waals surface area contributed by atoms with E-state index in [1.165, 1.54) is 36.3 Å². The Balaban J connectivity index is 1.74. The van der Waals surface area contributed by atoms with Gasteiger partial charge in [-0.15, -0.1) is 0 Å². The SMILES string of the molecule is COc1ccc2c(c1)C(NC(=O)OCc1ccccc1)(C(C)C)C(=O)N2c1ccc(F)cc1. The molecule has 7 heteroatoms. The molecule has 0 radical (unpaired) electrons. The fourth-order valence-electron chi connectivity index (χ4n) is 4.14. The van der Waals surface area contributed by atoms with Gasteiger partial charge in [-0.1, -0.05) is 44.2 Å². The molecule has 0 spiro atoms. The van der Waals surface area contributed by atoms with Crippen LogP contribution in [-0.2, 0) is 21.7 Å². The normalized spacial score (nSPS) is 17.1. The number of hydrogen-bond donors (Lipinski definition) is 1. The van der Waals surface area contributed by atoms with Crippen molar-refractivity contribution in [3.8, 4) is 5.75 Å². The van der Waals surface area contributed by atoms with Gasteiger partial charge in [0.2, 0.25) is 0 Å². The van der Waals surface area contributed by atoms with Crippen molar-refractivity contribution in [2.24, 2.45) is 5.92 Å². The summed E-state index contributed by atoms with van der Waals surface area (Å²) in [6, 6.07) is 20.2. The van der Waals surface area contributed by atoms with Crippen molar-refractivity contribution in [3.05, 3.63) is 89.7 Å². The number of benzene rings is 3. The lowest BCUT2D eigenvalue weighted by molar-refractivity contribution is -0.125. The molecule has 0 aliphatic carbocycles. The number of ether oxygens (including phenoxy) is 2. The predicted octanol–water partition coefficient (Wildman–Crippen LogP) is 5.29. The Bertz CT molecular complexity index is 1160. The Morgan fingerprint density at radius 2 is 1.76 bits per heavy atom. The number of nitrogens with one attached hydrogen (secondary N) is 1. The summed E-state index contributed by atoms with van der Waals surface area (Å²) in [6.45, 7) is 3.78. The van der Waals surface area contributed by atoms with Gasteiger partial charge in [0.05, 0.1) is 12.8 Å². The van der Waals surface area contributed by atoms with E-state index in [1.54, 1.807) is 18.2 Å². The Morgan fingerprint density at radius 1 is 1.06 bits per heavy atom. The number of carbonyl (C=O) groups is 2. The largest absolute Gasteiger partial charge is 0.497 e. The summed E-state index contributed by atoms with van der Waals surface area (Å²) in [5.41, 5.74) is 1.10. The molecular weight excluding hydrogens is 423 g/mol. The maximum absolute atomic E-state index is 13.9. The number of carbonyl (C=O) groups excluding carboxylic acids is 2. The molecule has 2 amide bonds. The smallest absolute Gasteiger partial charge is 0.408 e. The molecule has 3 aromatic carbocycles. The first-order valence-corrected chi connectivity index (χ1v) is 10.6. The summed E-state index contributed by atoms with van der Waals surface area (Å²) < 4.78 is 24.4. The summed E-state index contributed by atoms with van der Waals surface area (Å²) in [7, 11) is 1.54. The summed E-state index contributed by atoms with van der Waals surface area (Å²) in [5, 5.41) is 2.85. The van der Waals surface area contributed by atoms with Crippen LogP contribution in [-0.4, -0.2) is 19.1 Å². The van der Waals surface area contributed by atoms with Crippen molar-refractivity contribution in [1.82, 2.24) is 5.32 Å². The fraction of sp³-hybridized carbons (Fsp3) is 0.231. The lowest BCUT2D eigenvalue weighted by Gasteiger charge is -2.33. The molecule has 0 fully saturated rings. The topological polar surface area (TPSA) is 67.9 Å². The molecule has 1 aliphatic heterocycles. The average Bonchev–Trinajstić information content (AvgIpc) is 3.07. The molecule has 6 nitrogen and oxygen atoms in total. The maximum atomic E-state index is 13.9. The van der Waals surface area contributed by atoms with Crippen LogP contribution in [0.3, 0.4) is 0 Å². The fourth-order valence-corrected chi connectivity index (χ4v) is 4.14. The first kappa shape index (κ1) is 22.3. The second kappa shape index (κ2) is 8.94. The van der Waals surface area contributed by atoms with E-state index >= 15 is 0 Å². The molecular formula is C26H25FN2O4. The van der Waals surface area contributed by atoms with E-state index in [1.807, 2.05) is 44.2 Å². The summed E-state index contributed by atoms with van der Waals surface area (Å²) in [6.07, 6.45) is -0.712. The van der Waals surface area contributed by atoms with Crippen molar-refractivity contribution in [3.63, 3.8) is 0 Å². The van der Waals surface area contributed by atoms with Gasteiger partial charge in [0.15, 0.2) is 5.54 Å². The van der Waals surface area contributed by atoms with Crippen LogP contribution in [0.4, 0.5) is 20.6 Å². The number of fused-ring (bicyclic) bond motifs is 1. The number of alkyl carbamates (subject to hydrolysis) is 1. The molecule has 170 valence electrons. The minimum Gasteiger partial charge on any atom is -0.497 e. The van der Waals surface area contributed by atoms with Crippen molar-refractivity contribution < 1.29 is 23.5 Å². The first-order chi connectivity index (χ1) is 15.9. The quantitative estimate of drug-likeness (QED) is 0.556. The number of anilines is 2. The number of halogens is 1. The highest BCUT2D eigenvalue weighted by Crippen LogP contribution is 2.49. The predicted molar refractivity (Wildman–Crippen MR) is 123 cm³/mol. The van der Waals surface area contributed by atoms with Crippen LogP contribution >= 0.6 is 0 Å². The summed E-state index contributed by atoms with van der Waals surface area (Å²) in [5.74, 6) is -0.542. The van der Waals surface area contributed by atoms with E-state index in [-0.39, 0.29) is 18.4 Å². The lowest BCUT2D eigenvalue weighted by atomic mass is 9.80. The molecule has 1 unspecified atom stereocenters. The van der Waals surface area contributed by atoms with Crippen LogP contribution in [0.2, 0.25) is 0 Å². The number of methoxy groups -OCH3 is 1. The molecule has 4 rings (SSSR count). The van der Waals surface area contributed by atoms with Gasteiger partial charge in [0.25, 0.3) is 5.91 Å². The molecule has 1 N–H and O–H groups in total. The van der Waals surface area contributed by atoms with Gasteiger partial charge >= 0.3 is 6.09 Å². The Morgan fingerprint density at radius 3 is 2.39 bits per heavy atom. The number of nitrogens with zero attached hydrogens (tertiary/aromatic N) is 1. The molecule has 0 aromatic heterocycles. The molecule has 33 heavy (non-hydrogen) atoms. The number of rotatable bonds is 6. The van der Waals surface area contributed by atoms with Crippen molar-refractivity contribution in [1.29, 1.82) is 0 Å². The Hall–Kier alpha value is -3.87. The van der Waals surface area contributed by atoms with E-state index in [4.69, 9.17) is 9.47 Å². The van der Waals surface area contributed by atoms with E-state index in [9.17, 15) is 14.0 Å². The monoisotopic (exact) mass is 448 g/mol. The van der Waals surface area contributed by atoms with E-state index in [2.05, 4.69) is 5.32 Å². The third kappa shape index (κ3) is 4.02. The first-order valence-electron chi connectivity index (χ1n) is 10.6. The molecule has 1 heterocycles. The highest BCUT2D eigenvalue weighted by atomic mass is 19.1. The van der Waals surface area contributed by atoms with Crippen molar-refractivity contribution in [2.45, 2.75) is 26.0 Å². The zero-order valence-corrected chi connectivity index (χ0v) is 18.7. The second-order valence-electron chi connectivity index (χ2n) is 8.15. The maximum Gasteiger partial charge on any atom is 0.408 e. The highest BCUT2D eigenvalue weighted by molar-refractivity contribution is 6.14. The van der Waals surface area contributed by atoms with Crippen LogP contribution in [0.25, 0.3) is 0 Å². The molecule has 1 aliphatic rings. The standard InChI is InChI=1S/C26H25FN2O4/c1-17(2)26(28-25(31)33-16-18-7-5-4-6-8-18)22-15-21(32-3)13-14-23(22)29(24(26)30)20-11-9-19(27)10-12-20/h4-15,17H,16H2,1-3H3,(H,28,31). The van der Waals surface area contributed by atoms with Crippen LogP contribution in [0.5, 0.6) is 5.75 Å². The Labute approximate surface area is 191 Å². The zero-order valence-electron chi connectivity index (χ0n) is 18.7. The zero-order chi connectivity index (χ0) is 23.6. The van der Waals surface area contributed by atoms with Crippen LogP contribution in [0, 0.1) is 11.7 Å². The number of hydrogen-bond acceptors (Lipinski definition) is 4. The molecule has 0 saturated carbocycles. The average molecular weight is 448 g/mol. The van der Waals surface area contributed by atoms with E-state index < -0.39 is 17.4 Å². The Kier molecular flexibility index (Phi) is 6.05.